The van der Waals surface area contributed by atoms with E-state index in [1.807, 2.05) is 57.2 Å². The molecule has 0 spiro atoms. The van der Waals surface area contributed by atoms with Crippen LogP contribution in [0.3, 0.4) is 0 Å². The maximum atomic E-state index is 12.7. The molecule has 2 amide bonds. The van der Waals surface area contributed by atoms with Crippen LogP contribution < -0.4 is 5.32 Å². The number of carbonyl (C=O) groups excluding carboxylic acids is 2. The van der Waals surface area contributed by atoms with Gasteiger partial charge in [0.2, 0.25) is 0 Å². The second-order valence-electron chi connectivity index (χ2n) is 9.73. The summed E-state index contributed by atoms with van der Waals surface area (Å²) in [6.45, 7) is 15.3. The highest BCUT2D eigenvalue weighted by Crippen LogP contribution is 2.13. The highest BCUT2D eigenvalue weighted by atomic mass is 16.6. The van der Waals surface area contributed by atoms with Gasteiger partial charge in [-0.1, -0.05) is 25.1 Å². The predicted octanol–water partition coefficient (Wildman–Crippen LogP) is 4.87. The van der Waals surface area contributed by atoms with Crippen molar-refractivity contribution in [3.8, 4) is 0 Å². The average molecular weight is 469 g/mol. The highest BCUT2D eigenvalue weighted by molar-refractivity contribution is 5.94. The Kier molecular flexibility index (Phi) is 10.5. The zero-order valence-electron chi connectivity index (χ0n) is 21.5. The van der Waals surface area contributed by atoms with Crippen molar-refractivity contribution >= 4 is 12.0 Å². The standard InChI is InChI=1S/C27H40N4O3/c1-7-30(21(2)3)19-22-11-13-24(14-12-22)25(32)29-16-9-17-31(26(33)34-27(4,5)6)20-23-10-8-15-28-18-23/h8,10-15,18,21H,7,9,16-17,19-20H2,1-6H3,(H,29,32). The largest absolute Gasteiger partial charge is 0.444 e. The van der Waals surface area contributed by atoms with Crippen LogP contribution in [0.2, 0.25) is 0 Å². The molecule has 186 valence electrons. The lowest BCUT2D eigenvalue weighted by Crippen LogP contribution is -2.38. The fourth-order valence-corrected chi connectivity index (χ4v) is 3.50. The van der Waals surface area contributed by atoms with Gasteiger partial charge in [-0.25, -0.2) is 4.79 Å². The molecule has 7 heteroatoms. The van der Waals surface area contributed by atoms with Crippen molar-refractivity contribution in [2.45, 2.75) is 72.7 Å². The topological polar surface area (TPSA) is 74.8 Å². The summed E-state index contributed by atoms with van der Waals surface area (Å²) in [6.07, 6.45) is 3.68. The highest BCUT2D eigenvalue weighted by Gasteiger charge is 2.22. The number of rotatable bonds is 11. The number of amides is 2. The summed E-state index contributed by atoms with van der Waals surface area (Å²) in [6, 6.07) is 12.0. The van der Waals surface area contributed by atoms with E-state index in [-0.39, 0.29) is 12.0 Å². The van der Waals surface area contributed by atoms with Crippen molar-refractivity contribution in [3.05, 3.63) is 65.5 Å². The lowest BCUT2D eigenvalue weighted by molar-refractivity contribution is 0.0232. The number of hydrogen-bond donors (Lipinski definition) is 1. The molecular formula is C27H40N4O3. The number of aromatic nitrogens is 1. The molecule has 0 aliphatic carbocycles. The number of benzene rings is 1. The molecule has 2 rings (SSSR count). The maximum Gasteiger partial charge on any atom is 0.410 e. The van der Waals surface area contributed by atoms with Gasteiger partial charge in [-0.2, -0.15) is 0 Å². The zero-order valence-corrected chi connectivity index (χ0v) is 21.5. The molecule has 1 aromatic heterocycles. The second-order valence-corrected chi connectivity index (χ2v) is 9.73. The first-order chi connectivity index (χ1) is 16.1. The first kappa shape index (κ1) is 27.3. The average Bonchev–Trinajstić information content (AvgIpc) is 2.79. The molecule has 7 nitrogen and oxygen atoms in total. The van der Waals surface area contributed by atoms with Crippen molar-refractivity contribution in [2.75, 3.05) is 19.6 Å². The Labute approximate surface area is 204 Å². The number of nitrogens with zero attached hydrogens (tertiary/aromatic N) is 3. The van der Waals surface area contributed by atoms with Crippen molar-refractivity contribution < 1.29 is 14.3 Å². The van der Waals surface area contributed by atoms with Crippen LogP contribution in [0.15, 0.2) is 48.8 Å². The molecular weight excluding hydrogens is 428 g/mol. The minimum atomic E-state index is -0.575. The molecule has 2 aromatic rings. The van der Waals surface area contributed by atoms with E-state index in [1.54, 1.807) is 17.3 Å². The van der Waals surface area contributed by atoms with Crippen LogP contribution in [-0.4, -0.2) is 58.1 Å². The predicted molar refractivity (Wildman–Crippen MR) is 135 cm³/mol. The van der Waals surface area contributed by atoms with Crippen molar-refractivity contribution in [1.29, 1.82) is 0 Å². The van der Waals surface area contributed by atoms with E-state index in [2.05, 4.69) is 36.0 Å². The van der Waals surface area contributed by atoms with E-state index in [0.717, 1.165) is 18.7 Å². The third-order valence-electron chi connectivity index (χ3n) is 5.38. The van der Waals surface area contributed by atoms with Gasteiger partial charge in [0.05, 0.1) is 6.54 Å². The van der Waals surface area contributed by atoms with E-state index in [4.69, 9.17) is 4.74 Å². The summed E-state index contributed by atoms with van der Waals surface area (Å²) in [5, 5.41) is 2.95. The van der Waals surface area contributed by atoms with E-state index in [1.165, 1.54) is 5.56 Å². The number of hydrogen-bond acceptors (Lipinski definition) is 5. The van der Waals surface area contributed by atoms with Crippen LogP contribution in [0.5, 0.6) is 0 Å². The minimum absolute atomic E-state index is 0.112. The van der Waals surface area contributed by atoms with Crippen LogP contribution in [0, 0.1) is 0 Å². The van der Waals surface area contributed by atoms with Gasteiger partial charge in [0.15, 0.2) is 0 Å². The third kappa shape index (κ3) is 9.51. The molecule has 0 radical (unpaired) electrons. The van der Waals surface area contributed by atoms with E-state index in [9.17, 15) is 9.59 Å². The molecule has 1 aromatic carbocycles. The van der Waals surface area contributed by atoms with Crippen molar-refractivity contribution in [3.63, 3.8) is 0 Å². The number of nitrogens with one attached hydrogen (secondary N) is 1. The van der Waals surface area contributed by atoms with Crippen molar-refractivity contribution in [1.82, 2.24) is 20.1 Å². The fourth-order valence-electron chi connectivity index (χ4n) is 3.50. The van der Waals surface area contributed by atoms with Crippen LogP contribution in [-0.2, 0) is 17.8 Å². The van der Waals surface area contributed by atoms with E-state index >= 15 is 0 Å². The fraction of sp³-hybridized carbons (Fsp3) is 0.519. The molecule has 1 N–H and O–H groups in total. The van der Waals surface area contributed by atoms with Crippen molar-refractivity contribution in [2.24, 2.45) is 0 Å². The normalized spacial score (nSPS) is 11.5. The molecule has 0 saturated heterocycles. The molecule has 0 aliphatic heterocycles. The van der Waals surface area contributed by atoms with Gasteiger partial charge in [0.1, 0.15) is 5.60 Å². The molecule has 0 saturated carbocycles. The molecule has 0 atom stereocenters. The Bertz CT molecular complexity index is 892. The van der Waals surface area contributed by atoms with Crippen LogP contribution in [0.4, 0.5) is 4.79 Å². The van der Waals surface area contributed by atoms with Gasteiger partial charge < -0.3 is 15.0 Å². The molecule has 0 bridgehead atoms. The Morgan fingerprint density at radius 2 is 1.76 bits per heavy atom. The molecule has 0 unspecified atom stereocenters. The first-order valence-electron chi connectivity index (χ1n) is 12.1. The summed E-state index contributed by atoms with van der Waals surface area (Å²) < 4.78 is 5.56. The summed E-state index contributed by atoms with van der Waals surface area (Å²) in [5.41, 5.74) is 2.18. The first-order valence-corrected chi connectivity index (χ1v) is 12.1. The zero-order chi connectivity index (χ0) is 25.1. The van der Waals surface area contributed by atoms with Crippen LogP contribution >= 0.6 is 0 Å². The van der Waals surface area contributed by atoms with E-state index < -0.39 is 5.60 Å². The maximum absolute atomic E-state index is 12.7. The summed E-state index contributed by atoms with van der Waals surface area (Å²) >= 11 is 0. The van der Waals surface area contributed by atoms with Gasteiger partial charge in [-0.3, -0.25) is 14.7 Å². The Hall–Kier alpha value is -2.93. The van der Waals surface area contributed by atoms with Crippen LogP contribution in [0.1, 0.15) is 69.4 Å². The second kappa shape index (κ2) is 13.1. The molecule has 0 aliphatic rings. The minimum Gasteiger partial charge on any atom is -0.444 e. The van der Waals surface area contributed by atoms with Gasteiger partial charge in [0, 0.05) is 43.6 Å². The third-order valence-corrected chi connectivity index (χ3v) is 5.38. The van der Waals surface area contributed by atoms with Gasteiger partial charge in [-0.15, -0.1) is 0 Å². The number of carbonyl (C=O) groups is 2. The van der Waals surface area contributed by atoms with Gasteiger partial charge >= 0.3 is 6.09 Å². The SMILES string of the molecule is CCN(Cc1ccc(C(=O)NCCCN(Cc2cccnc2)C(=O)OC(C)(C)C)cc1)C(C)C. The number of ether oxygens (including phenoxy) is 1. The lowest BCUT2D eigenvalue weighted by atomic mass is 10.1. The lowest BCUT2D eigenvalue weighted by Gasteiger charge is -2.27. The molecule has 0 fully saturated rings. The smallest absolute Gasteiger partial charge is 0.410 e. The number of pyridine rings is 1. The summed E-state index contributed by atoms with van der Waals surface area (Å²) in [4.78, 5) is 33.4. The Morgan fingerprint density at radius 1 is 1.06 bits per heavy atom. The van der Waals surface area contributed by atoms with Gasteiger partial charge in [0.25, 0.3) is 5.91 Å². The monoisotopic (exact) mass is 468 g/mol. The summed E-state index contributed by atoms with van der Waals surface area (Å²) in [5.74, 6) is -0.112. The van der Waals surface area contributed by atoms with Crippen LogP contribution in [0.25, 0.3) is 0 Å². The Balaban J connectivity index is 1.87. The quantitative estimate of drug-likeness (QED) is 0.476. The Morgan fingerprint density at radius 3 is 2.32 bits per heavy atom. The molecule has 34 heavy (non-hydrogen) atoms. The van der Waals surface area contributed by atoms with E-state index in [0.29, 0.717) is 37.7 Å². The summed E-state index contributed by atoms with van der Waals surface area (Å²) in [7, 11) is 0. The molecule has 1 heterocycles. The van der Waals surface area contributed by atoms with Gasteiger partial charge in [-0.05, 0) is 76.9 Å².